The summed E-state index contributed by atoms with van der Waals surface area (Å²) < 4.78 is 0. The number of hydrogen-bond donors (Lipinski definition) is 1. The summed E-state index contributed by atoms with van der Waals surface area (Å²) in [6, 6.07) is 17.1. The fourth-order valence-corrected chi connectivity index (χ4v) is 3.61. The molecule has 0 amide bonds. The molecule has 1 N–H and O–H groups in total. The van der Waals surface area contributed by atoms with Gasteiger partial charge in [0.1, 0.15) is 0 Å². The summed E-state index contributed by atoms with van der Waals surface area (Å²) in [6.07, 6.45) is 0. The molecule has 0 atom stereocenters. The number of nitrogens with one attached hydrogen (secondary N) is 1. The predicted molar refractivity (Wildman–Crippen MR) is 84.6 cm³/mol. The molecule has 0 aliphatic rings. The summed E-state index contributed by atoms with van der Waals surface area (Å²) in [5.41, 5.74) is 2.68. The van der Waals surface area contributed by atoms with Crippen molar-refractivity contribution in [2.75, 3.05) is 0 Å². The lowest BCUT2D eigenvalue weighted by molar-refractivity contribution is 0.701. The third-order valence-corrected chi connectivity index (χ3v) is 4.79. The lowest BCUT2D eigenvalue weighted by atomic mass is 10.2. The van der Waals surface area contributed by atoms with Gasteiger partial charge in [0, 0.05) is 28.4 Å². The van der Waals surface area contributed by atoms with Gasteiger partial charge in [-0.25, -0.2) is 0 Å². The van der Waals surface area contributed by atoms with E-state index in [1.807, 2.05) is 11.3 Å². The monoisotopic (exact) mass is 285 g/mol. The Morgan fingerprint density at radius 1 is 0.895 bits per heavy atom. The van der Waals surface area contributed by atoms with Crippen LogP contribution in [0.1, 0.15) is 10.4 Å². The minimum Gasteiger partial charge on any atom is -0.308 e. The third kappa shape index (κ3) is 3.32. The molecule has 0 aliphatic heterocycles. The summed E-state index contributed by atoms with van der Waals surface area (Å²) in [7, 11) is 0. The molecule has 96 valence electrons. The summed E-state index contributed by atoms with van der Waals surface area (Å²) in [6.45, 7) is 1.86. The molecular formula is C16H15NS2. The highest BCUT2D eigenvalue weighted by molar-refractivity contribution is 7.14. The standard InChI is InChI=1S/C16H15NS2/c1-2-5-13(6-3-1)10-17-11-15-9-14(12-19-15)16-7-4-8-18-16/h1-9,12,17H,10-11H2. The van der Waals surface area contributed by atoms with Crippen LogP contribution < -0.4 is 5.32 Å². The van der Waals surface area contributed by atoms with Crippen molar-refractivity contribution >= 4 is 22.7 Å². The van der Waals surface area contributed by atoms with E-state index in [2.05, 4.69) is 64.6 Å². The lowest BCUT2D eigenvalue weighted by Crippen LogP contribution is -2.11. The van der Waals surface area contributed by atoms with Gasteiger partial charge in [0.15, 0.2) is 0 Å². The van der Waals surface area contributed by atoms with Crippen molar-refractivity contribution in [2.45, 2.75) is 13.1 Å². The van der Waals surface area contributed by atoms with E-state index in [0.29, 0.717) is 0 Å². The SMILES string of the molecule is c1ccc(CNCc2cc(-c3cccs3)cs2)cc1. The van der Waals surface area contributed by atoms with Gasteiger partial charge < -0.3 is 5.32 Å². The van der Waals surface area contributed by atoms with E-state index in [1.54, 1.807) is 11.3 Å². The number of benzene rings is 1. The molecule has 0 aliphatic carbocycles. The number of rotatable bonds is 5. The van der Waals surface area contributed by atoms with Gasteiger partial charge in [-0.1, -0.05) is 36.4 Å². The second-order valence-electron chi connectivity index (χ2n) is 4.37. The first-order valence-corrected chi connectivity index (χ1v) is 8.04. The summed E-state index contributed by atoms with van der Waals surface area (Å²) in [4.78, 5) is 2.74. The van der Waals surface area contributed by atoms with Crippen LogP contribution in [0.25, 0.3) is 10.4 Å². The first-order valence-electron chi connectivity index (χ1n) is 6.28. The van der Waals surface area contributed by atoms with Crippen molar-refractivity contribution in [3.8, 4) is 10.4 Å². The van der Waals surface area contributed by atoms with Gasteiger partial charge in [0.25, 0.3) is 0 Å². The maximum absolute atomic E-state index is 3.49. The molecule has 0 bridgehead atoms. The average Bonchev–Trinajstić information content (AvgIpc) is 3.10. The highest BCUT2D eigenvalue weighted by Crippen LogP contribution is 2.29. The Bertz CT molecular complexity index is 611. The lowest BCUT2D eigenvalue weighted by Gasteiger charge is -2.02. The van der Waals surface area contributed by atoms with Crippen LogP contribution >= 0.6 is 22.7 Å². The molecule has 0 radical (unpaired) electrons. The van der Waals surface area contributed by atoms with Gasteiger partial charge in [0.05, 0.1) is 0 Å². The van der Waals surface area contributed by atoms with Crippen LogP contribution in [0.4, 0.5) is 0 Å². The van der Waals surface area contributed by atoms with Crippen LogP contribution in [0, 0.1) is 0 Å². The topological polar surface area (TPSA) is 12.0 Å². The van der Waals surface area contributed by atoms with Crippen LogP contribution in [0.15, 0.2) is 59.3 Å². The average molecular weight is 285 g/mol. The van der Waals surface area contributed by atoms with Crippen molar-refractivity contribution in [1.29, 1.82) is 0 Å². The van der Waals surface area contributed by atoms with E-state index in [-0.39, 0.29) is 0 Å². The fourth-order valence-electron chi connectivity index (χ4n) is 1.97. The minimum absolute atomic E-state index is 0.924. The highest BCUT2D eigenvalue weighted by atomic mass is 32.1. The normalized spacial score (nSPS) is 10.7. The van der Waals surface area contributed by atoms with E-state index < -0.39 is 0 Å². The molecule has 0 saturated carbocycles. The molecule has 2 aromatic heterocycles. The Labute approximate surface area is 121 Å². The fraction of sp³-hybridized carbons (Fsp3) is 0.125. The maximum atomic E-state index is 3.49. The molecule has 2 heterocycles. The van der Waals surface area contributed by atoms with Crippen LogP contribution in [-0.4, -0.2) is 0 Å². The molecule has 3 aromatic rings. The first-order chi connectivity index (χ1) is 9.42. The van der Waals surface area contributed by atoms with Gasteiger partial charge in [-0.3, -0.25) is 0 Å². The second kappa shape index (κ2) is 6.15. The smallest absolute Gasteiger partial charge is 0.0351 e. The van der Waals surface area contributed by atoms with E-state index in [0.717, 1.165) is 13.1 Å². The van der Waals surface area contributed by atoms with Crippen molar-refractivity contribution in [3.05, 3.63) is 69.7 Å². The largest absolute Gasteiger partial charge is 0.308 e. The van der Waals surface area contributed by atoms with Gasteiger partial charge in [-0.15, -0.1) is 22.7 Å². The van der Waals surface area contributed by atoms with E-state index in [1.165, 1.54) is 20.9 Å². The molecule has 1 aromatic carbocycles. The Morgan fingerprint density at radius 3 is 2.58 bits per heavy atom. The van der Waals surface area contributed by atoms with E-state index in [9.17, 15) is 0 Å². The Balaban J connectivity index is 1.56. The van der Waals surface area contributed by atoms with Gasteiger partial charge in [-0.2, -0.15) is 0 Å². The van der Waals surface area contributed by atoms with E-state index >= 15 is 0 Å². The van der Waals surface area contributed by atoms with Gasteiger partial charge in [0.2, 0.25) is 0 Å². The second-order valence-corrected chi connectivity index (χ2v) is 6.31. The third-order valence-electron chi connectivity index (χ3n) is 2.93. The zero-order valence-corrected chi connectivity index (χ0v) is 12.1. The molecule has 19 heavy (non-hydrogen) atoms. The van der Waals surface area contributed by atoms with Crippen molar-refractivity contribution in [1.82, 2.24) is 5.32 Å². The quantitative estimate of drug-likeness (QED) is 0.712. The van der Waals surface area contributed by atoms with Crippen LogP contribution in [0.2, 0.25) is 0 Å². The summed E-state index contributed by atoms with van der Waals surface area (Å²) >= 11 is 3.62. The van der Waals surface area contributed by atoms with Gasteiger partial charge in [-0.05, 0) is 28.5 Å². The molecule has 3 rings (SSSR count). The Kier molecular flexibility index (Phi) is 4.08. The van der Waals surface area contributed by atoms with Crippen molar-refractivity contribution in [2.24, 2.45) is 0 Å². The van der Waals surface area contributed by atoms with Crippen molar-refractivity contribution < 1.29 is 0 Å². The van der Waals surface area contributed by atoms with Crippen LogP contribution in [0.3, 0.4) is 0 Å². The zero-order valence-electron chi connectivity index (χ0n) is 10.5. The number of hydrogen-bond acceptors (Lipinski definition) is 3. The molecular weight excluding hydrogens is 270 g/mol. The molecule has 1 nitrogen and oxygen atoms in total. The van der Waals surface area contributed by atoms with Crippen molar-refractivity contribution in [3.63, 3.8) is 0 Å². The Morgan fingerprint density at radius 2 is 1.79 bits per heavy atom. The zero-order chi connectivity index (χ0) is 12.9. The van der Waals surface area contributed by atoms with E-state index in [4.69, 9.17) is 0 Å². The van der Waals surface area contributed by atoms with Crippen LogP contribution in [-0.2, 0) is 13.1 Å². The minimum atomic E-state index is 0.924. The van der Waals surface area contributed by atoms with Crippen LogP contribution in [0.5, 0.6) is 0 Å². The Hall–Kier alpha value is -1.42. The summed E-state index contributed by atoms with van der Waals surface area (Å²) in [5.74, 6) is 0. The molecule has 0 unspecified atom stereocenters. The summed E-state index contributed by atoms with van der Waals surface area (Å²) in [5, 5.41) is 7.86. The highest BCUT2D eigenvalue weighted by Gasteiger charge is 2.03. The molecule has 3 heteroatoms. The van der Waals surface area contributed by atoms with Gasteiger partial charge >= 0.3 is 0 Å². The first kappa shape index (κ1) is 12.6. The predicted octanol–water partition coefficient (Wildman–Crippen LogP) is 4.77. The number of thiophene rings is 2. The maximum Gasteiger partial charge on any atom is 0.0351 e. The molecule has 0 fully saturated rings. The molecule has 0 saturated heterocycles. The molecule has 0 spiro atoms.